The van der Waals surface area contributed by atoms with Crippen molar-refractivity contribution < 1.29 is 22.6 Å². The van der Waals surface area contributed by atoms with Crippen LogP contribution in [-0.2, 0) is 26.2 Å². The summed E-state index contributed by atoms with van der Waals surface area (Å²) in [5.74, 6) is 0.413. The second kappa shape index (κ2) is 11.3. The van der Waals surface area contributed by atoms with Crippen LogP contribution in [0.1, 0.15) is 12.0 Å². The molecule has 0 saturated carbocycles. The quantitative estimate of drug-likeness (QED) is 0.264. The summed E-state index contributed by atoms with van der Waals surface area (Å²) in [5.41, 5.74) is 1.75. The molecule has 0 spiro atoms. The first-order valence-corrected chi connectivity index (χ1v) is 18.1. The van der Waals surface area contributed by atoms with Gasteiger partial charge in [0.25, 0.3) is 0 Å². The van der Waals surface area contributed by atoms with Gasteiger partial charge in [-0.3, -0.25) is 0 Å². The lowest BCUT2D eigenvalue weighted by Gasteiger charge is -2.32. The summed E-state index contributed by atoms with van der Waals surface area (Å²) in [7, 11) is -4.89. The summed E-state index contributed by atoms with van der Waals surface area (Å²) in [6.45, 7) is 10.7. The van der Waals surface area contributed by atoms with Crippen molar-refractivity contribution in [3.63, 3.8) is 0 Å². The van der Waals surface area contributed by atoms with Crippen molar-refractivity contribution >= 4 is 45.1 Å². The number of sulfonamides is 1. The summed E-state index contributed by atoms with van der Waals surface area (Å²) in [6.07, 6.45) is 2.06. The summed E-state index contributed by atoms with van der Waals surface area (Å²) in [4.78, 5) is 4.97. The van der Waals surface area contributed by atoms with E-state index < -0.39 is 30.2 Å². The molecule has 1 fully saturated rings. The molecule has 3 aromatic rings. The molecule has 0 bridgehead atoms. The summed E-state index contributed by atoms with van der Waals surface area (Å²) in [6, 6.07) is 11.3. The Morgan fingerprint density at radius 3 is 2.69 bits per heavy atom. The third-order valence-corrected chi connectivity index (χ3v) is 9.86. The van der Waals surface area contributed by atoms with E-state index in [9.17, 15) is 8.42 Å². The fourth-order valence-corrected chi connectivity index (χ4v) is 6.33. The highest BCUT2D eigenvalue weighted by molar-refractivity contribution is 9.10. The second-order valence-corrected chi connectivity index (χ2v) is 18.6. The minimum absolute atomic E-state index is 0.213. The Balaban J connectivity index is 1.49. The maximum atomic E-state index is 13.0. The monoisotopic (exact) mass is 595 g/mol. The predicted molar refractivity (Wildman–Crippen MR) is 147 cm³/mol. The Kier molecular flexibility index (Phi) is 8.58. The number of aryl methyl sites for hydroxylation is 1. The van der Waals surface area contributed by atoms with Crippen molar-refractivity contribution in [1.29, 1.82) is 0 Å². The van der Waals surface area contributed by atoms with Crippen LogP contribution in [0.4, 0.5) is 0 Å². The van der Waals surface area contributed by atoms with Gasteiger partial charge in [0, 0.05) is 32.7 Å². The highest BCUT2D eigenvalue weighted by atomic mass is 79.9. The second-order valence-electron chi connectivity index (χ2n) is 10.4. The summed E-state index contributed by atoms with van der Waals surface area (Å²) in [5, 5.41) is 0.964. The van der Waals surface area contributed by atoms with Crippen LogP contribution in [0.25, 0.3) is 11.0 Å². The van der Waals surface area contributed by atoms with Crippen LogP contribution >= 0.6 is 15.9 Å². The zero-order valence-electron chi connectivity index (χ0n) is 21.2. The maximum Gasteiger partial charge on any atom is 0.241 e. The molecule has 1 saturated heterocycles. The Bertz CT molecular complexity index is 1290. The minimum atomic E-state index is -3.73. The molecule has 196 valence electrons. The Hall–Kier alpha value is -1.76. The topological polar surface area (TPSA) is 91.7 Å². The molecule has 1 N–H and O–H groups in total. The average molecular weight is 597 g/mol. The number of halogens is 1. The summed E-state index contributed by atoms with van der Waals surface area (Å²) >= 11 is 3.57. The number of ether oxygens (including phenoxy) is 3. The zero-order chi connectivity index (χ0) is 25.9. The molecule has 3 heterocycles. The van der Waals surface area contributed by atoms with Crippen molar-refractivity contribution in [1.82, 2.24) is 14.3 Å². The SMILES string of the molecule is Cc1ccc(S(=O)(=O)N[C@@H]2COCC[C@H]2Oc2nc3c(ccn3COCC[Si](C)(C)C)cc2Br)cc1. The first-order chi connectivity index (χ1) is 17.0. The lowest BCUT2D eigenvalue weighted by Crippen LogP contribution is -2.51. The van der Waals surface area contributed by atoms with Gasteiger partial charge in [-0.25, -0.2) is 13.1 Å². The molecule has 2 aromatic heterocycles. The fourth-order valence-electron chi connectivity index (χ4n) is 3.90. The van der Waals surface area contributed by atoms with Crippen LogP contribution < -0.4 is 9.46 Å². The molecule has 1 aliphatic rings. The van der Waals surface area contributed by atoms with Crippen LogP contribution in [0.15, 0.2) is 52.0 Å². The molecule has 2 atom stereocenters. The van der Waals surface area contributed by atoms with Crippen LogP contribution in [0.5, 0.6) is 5.88 Å². The normalized spacial score (nSPS) is 19.0. The van der Waals surface area contributed by atoms with Gasteiger partial charge in [-0.1, -0.05) is 37.3 Å². The molecule has 0 amide bonds. The van der Waals surface area contributed by atoms with Crippen molar-refractivity contribution in [2.75, 3.05) is 19.8 Å². The summed E-state index contributed by atoms with van der Waals surface area (Å²) < 4.78 is 49.2. The molecule has 8 nitrogen and oxygen atoms in total. The van der Waals surface area contributed by atoms with Gasteiger partial charge in [-0.05, 0) is 53.2 Å². The molecule has 0 aliphatic carbocycles. The lowest BCUT2D eigenvalue weighted by molar-refractivity contribution is 0.00126. The number of fused-ring (bicyclic) bond motifs is 1. The highest BCUT2D eigenvalue weighted by Crippen LogP contribution is 2.30. The van der Waals surface area contributed by atoms with Crippen LogP contribution in [0, 0.1) is 6.92 Å². The Labute approximate surface area is 222 Å². The van der Waals surface area contributed by atoms with Crippen molar-refractivity contribution in [2.45, 2.75) is 62.8 Å². The van der Waals surface area contributed by atoms with E-state index in [0.717, 1.165) is 29.2 Å². The van der Waals surface area contributed by atoms with Crippen LogP contribution in [-0.4, -0.2) is 58.0 Å². The number of benzene rings is 1. The molecule has 4 rings (SSSR count). The minimum Gasteiger partial charge on any atom is -0.472 e. The van der Waals surface area contributed by atoms with E-state index in [1.54, 1.807) is 24.3 Å². The number of pyridine rings is 1. The van der Waals surface area contributed by atoms with Crippen molar-refractivity contribution in [3.8, 4) is 5.88 Å². The first-order valence-electron chi connectivity index (χ1n) is 12.1. The van der Waals surface area contributed by atoms with E-state index in [1.165, 1.54) is 0 Å². The lowest BCUT2D eigenvalue weighted by atomic mass is 10.1. The largest absolute Gasteiger partial charge is 0.472 e. The number of aromatic nitrogens is 2. The van der Waals surface area contributed by atoms with Gasteiger partial charge in [0.2, 0.25) is 15.9 Å². The van der Waals surface area contributed by atoms with Crippen molar-refractivity contribution in [3.05, 3.63) is 52.6 Å². The van der Waals surface area contributed by atoms with Crippen molar-refractivity contribution in [2.24, 2.45) is 0 Å². The number of nitrogens with one attached hydrogen (secondary N) is 1. The molecular formula is C25H34BrN3O5SSi. The van der Waals surface area contributed by atoms with E-state index in [2.05, 4.69) is 40.3 Å². The van der Waals surface area contributed by atoms with Crippen LogP contribution in [0.2, 0.25) is 25.7 Å². The first kappa shape index (κ1) is 27.3. The molecule has 1 aromatic carbocycles. The van der Waals surface area contributed by atoms with Gasteiger partial charge in [-0.2, -0.15) is 4.98 Å². The third-order valence-electron chi connectivity index (χ3n) is 6.08. The number of hydrogen-bond acceptors (Lipinski definition) is 6. The molecule has 36 heavy (non-hydrogen) atoms. The zero-order valence-corrected chi connectivity index (χ0v) is 24.6. The van der Waals surface area contributed by atoms with Gasteiger partial charge < -0.3 is 18.8 Å². The van der Waals surface area contributed by atoms with Gasteiger partial charge in [0.05, 0.1) is 28.6 Å². The highest BCUT2D eigenvalue weighted by Gasteiger charge is 2.32. The van der Waals surface area contributed by atoms with Crippen LogP contribution in [0.3, 0.4) is 0 Å². The number of nitrogens with zero attached hydrogens (tertiary/aromatic N) is 2. The standard InChI is InChI=1S/C25H34BrN3O5SSi/c1-18-5-7-20(8-6-18)35(30,31)28-22-16-32-12-10-23(22)34-25-21(26)15-19-9-11-29(24(19)27-25)17-33-13-14-36(2,3)4/h5-9,11,15,22-23,28H,10,12-14,16-17H2,1-4H3/t22-,23-/m1/s1. The van der Waals surface area contributed by atoms with Gasteiger partial charge in [-0.15, -0.1) is 0 Å². The Morgan fingerprint density at radius 1 is 1.22 bits per heavy atom. The van der Waals surface area contributed by atoms with Gasteiger partial charge in [0.1, 0.15) is 18.5 Å². The molecule has 0 unspecified atom stereocenters. The number of hydrogen-bond donors (Lipinski definition) is 1. The smallest absolute Gasteiger partial charge is 0.241 e. The van der Waals surface area contributed by atoms with E-state index in [-0.39, 0.29) is 11.5 Å². The van der Waals surface area contributed by atoms with E-state index in [4.69, 9.17) is 19.2 Å². The molecule has 0 radical (unpaired) electrons. The predicted octanol–water partition coefficient (Wildman–Crippen LogP) is 4.93. The molecular weight excluding hydrogens is 562 g/mol. The number of rotatable bonds is 10. The molecule has 11 heteroatoms. The third kappa shape index (κ3) is 6.96. The maximum absolute atomic E-state index is 13.0. The van der Waals surface area contributed by atoms with E-state index in [0.29, 0.717) is 30.1 Å². The van der Waals surface area contributed by atoms with E-state index in [1.807, 2.05) is 29.8 Å². The molecule has 1 aliphatic heterocycles. The van der Waals surface area contributed by atoms with Gasteiger partial charge >= 0.3 is 0 Å². The Morgan fingerprint density at radius 2 is 1.97 bits per heavy atom. The fraction of sp³-hybridized carbons (Fsp3) is 0.480. The van der Waals surface area contributed by atoms with Gasteiger partial charge in [0.15, 0.2) is 0 Å². The average Bonchev–Trinajstić information content (AvgIpc) is 3.19. The van der Waals surface area contributed by atoms with E-state index >= 15 is 0 Å².